The van der Waals surface area contributed by atoms with Gasteiger partial charge in [-0.3, -0.25) is 4.98 Å². The lowest BCUT2D eigenvalue weighted by Crippen LogP contribution is -2.37. The number of carbonyl (C=O) groups is 2. The zero-order chi connectivity index (χ0) is 38.2. The molecule has 4 N–H and O–H groups in total. The highest BCUT2D eigenvalue weighted by molar-refractivity contribution is 5.87. The van der Waals surface area contributed by atoms with Crippen molar-refractivity contribution in [3.05, 3.63) is 72.4 Å². The lowest BCUT2D eigenvalue weighted by Gasteiger charge is -2.21. The van der Waals surface area contributed by atoms with Gasteiger partial charge >= 0.3 is 12.2 Å². The quantitative estimate of drug-likeness (QED) is 0.103. The standard InChI is InChI=1S/C42H50N8O4/c1-24(44-39(51)53-41(2,3)4)9-8-10-37-46-31-17-13-28(22-35(31)48-37)36-23-43-33-19-25(11-15-29(33)45-36)26-12-16-30-34(20-26)49-38(47-30)18-14-27-21-32(27)50-40(52)54-42(5,6)7/h11-13,15-17,19-20,22-24,27,32H,8-10,14,18,21H2,1-7H3,(H,44,51)(H,46,48)(H,47,49)(H,50,52). The van der Waals surface area contributed by atoms with Crippen molar-refractivity contribution in [3.8, 4) is 22.4 Å². The number of aromatic amines is 2. The maximum atomic E-state index is 12.1. The molecule has 7 rings (SSSR count). The van der Waals surface area contributed by atoms with E-state index in [4.69, 9.17) is 29.4 Å². The normalized spacial score (nSPS) is 16.4. The van der Waals surface area contributed by atoms with E-state index < -0.39 is 17.3 Å². The molecule has 3 aromatic carbocycles. The molecule has 282 valence electrons. The lowest BCUT2D eigenvalue weighted by molar-refractivity contribution is 0.0499. The molecular weight excluding hydrogens is 681 g/mol. The number of nitrogens with one attached hydrogen (secondary N) is 4. The van der Waals surface area contributed by atoms with Crippen LogP contribution in [0.2, 0.25) is 0 Å². The fourth-order valence-corrected chi connectivity index (χ4v) is 6.71. The number of aryl methyl sites for hydroxylation is 2. The number of rotatable bonds is 11. The summed E-state index contributed by atoms with van der Waals surface area (Å²) in [5, 5.41) is 5.88. The third kappa shape index (κ3) is 9.34. The summed E-state index contributed by atoms with van der Waals surface area (Å²) in [4.78, 5) is 50.4. The molecule has 54 heavy (non-hydrogen) atoms. The smallest absolute Gasteiger partial charge is 0.407 e. The first kappa shape index (κ1) is 36.8. The van der Waals surface area contributed by atoms with Gasteiger partial charge in [0, 0.05) is 30.5 Å². The predicted octanol–water partition coefficient (Wildman–Crippen LogP) is 8.80. The fourth-order valence-electron chi connectivity index (χ4n) is 6.71. The van der Waals surface area contributed by atoms with Gasteiger partial charge in [0.15, 0.2) is 0 Å². The molecule has 1 fully saturated rings. The second-order valence-corrected chi connectivity index (χ2v) is 16.5. The monoisotopic (exact) mass is 730 g/mol. The number of fused-ring (bicyclic) bond motifs is 3. The fraction of sp³-hybridized carbons (Fsp3) is 0.429. The van der Waals surface area contributed by atoms with Crippen LogP contribution in [0.15, 0.2) is 60.8 Å². The Hall–Kier alpha value is -5.52. The Morgan fingerprint density at radius 3 is 2.04 bits per heavy atom. The van der Waals surface area contributed by atoms with Gasteiger partial charge in [0.05, 0.1) is 45.0 Å². The number of hydrogen-bond donors (Lipinski definition) is 4. The maximum absolute atomic E-state index is 12.1. The predicted molar refractivity (Wildman–Crippen MR) is 211 cm³/mol. The van der Waals surface area contributed by atoms with E-state index in [-0.39, 0.29) is 18.2 Å². The van der Waals surface area contributed by atoms with Gasteiger partial charge in [0.2, 0.25) is 0 Å². The minimum absolute atomic E-state index is 0.00148. The van der Waals surface area contributed by atoms with Gasteiger partial charge in [-0.2, -0.15) is 0 Å². The third-order valence-corrected chi connectivity index (χ3v) is 9.42. The number of benzene rings is 3. The molecule has 3 atom stereocenters. The van der Waals surface area contributed by atoms with Crippen LogP contribution < -0.4 is 10.6 Å². The molecule has 3 heterocycles. The number of imidazole rings is 2. The van der Waals surface area contributed by atoms with Crippen molar-refractivity contribution in [1.29, 1.82) is 0 Å². The van der Waals surface area contributed by atoms with Gasteiger partial charge in [-0.15, -0.1) is 0 Å². The molecular formula is C42H50N8O4. The molecule has 12 nitrogen and oxygen atoms in total. The number of carbonyl (C=O) groups excluding carboxylic acids is 2. The lowest BCUT2D eigenvalue weighted by atomic mass is 10.0. The first-order valence-corrected chi connectivity index (χ1v) is 18.9. The molecule has 1 aliphatic rings. The summed E-state index contributed by atoms with van der Waals surface area (Å²) in [6.07, 6.45) is 6.28. The minimum Gasteiger partial charge on any atom is -0.444 e. The van der Waals surface area contributed by atoms with Crippen LogP contribution in [0.25, 0.3) is 55.5 Å². The first-order chi connectivity index (χ1) is 25.6. The molecule has 0 spiro atoms. The Kier molecular flexibility index (Phi) is 10.0. The van der Waals surface area contributed by atoms with Crippen molar-refractivity contribution in [3.63, 3.8) is 0 Å². The first-order valence-electron chi connectivity index (χ1n) is 18.9. The highest BCUT2D eigenvalue weighted by Gasteiger charge is 2.38. The van der Waals surface area contributed by atoms with E-state index in [9.17, 15) is 9.59 Å². The van der Waals surface area contributed by atoms with Crippen LogP contribution in [0.4, 0.5) is 9.59 Å². The summed E-state index contributed by atoms with van der Waals surface area (Å²) >= 11 is 0. The van der Waals surface area contributed by atoms with Gasteiger partial charge < -0.3 is 30.1 Å². The third-order valence-electron chi connectivity index (χ3n) is 9.42. The Labute approximate surface area is 315 Å². The molecule has 3 unspecified atom stereocenters. The summed E-state index contributed by atoms with van der Waals surface area (Å²) in [6.45, 7) is 13.2. The molecule has 1 saturated carbocycles. The van der Waals surface area contributed by atoms with E-state index in [1.54, 1.807) is 0 Å². The van der Waals surface area contributed by atoms with E-state index in [1.165, 1.54) is 0 Å². The second-order valence-electron chi connectivity index (χ2n) is 16.5. The topological polar surface area (TPSA) is 160 Å². The van der Waals surface area contributed by atoms with Gasteiger partial charge in [-0.25, -0.2) is 24.5 Å². The summed E-state index contributed by atoms with van der Waals surface area (Å²) in [6, 6.07) is 18.7. The highest BCUT2D eigenvalue weighted by atomic mass is 16.6. The average Bonchev–Trinajstić information content (AvgIpc) is 3.48. The van der Waals surface area contributed by atoms with Crippen molar-refractivity contribution in [2.75, 3.05) is 0 Å². The van der Waals surface area contributed by atoms with Crippen LogP contribution >= 0.6 is 0 Å². The second kappa shape index (κ2) is 14.7. The Morgan fingerprint density at radius 1 is 0.759 bits per heavy atom. The largest absolute Gasteiger partial charge is 0.444 e. The van der Waals surface area contributed by atoms with Crippen LogP contribution in [0.3, 0.4) is 0 Å². The zero-order valence-electron chi connectivity index (χ0n) is 32.2. The van der Waals surface area contributed by atoms with Crippen LogP contribution in [0.5, 0.6) is 0 Å². The van der Waals surface area contributed by atoms with E-state index in [2.05, 4.69) is 57.0 Å². The molecule has 12 heteroatoms. The van der Waals surface area contributed by atoms with Crippen molar-refractivity contribution in [2.24, 2.45) is 5.92 Å². The molecule has 0 bridgehead atoms. The van der Waals surface area contributed by atoms with Gasteiger partial charge in [-0.05, 0) is 128 Å². The van der Waals surface area contributed by atoms with Gasteiger partial charge in [0.1, 0.15) is 22.9 Å². The Balaban J connectivity index is 0.955. The number of alkyl carbamates (subject to hydrolysis) is 2. The molecule has 0 aliphatic heterocycles. The van der Waals surface area contributed by atoms with E-state index in [0.29, 0.717) is 5.92 Å². The molecule has 3 aromatic heterocycles. The number of ether oxygens (including phenoxy) is 2. The maximum Gasteiger partial charge on any atom is 0.407 e. The van der Waals surface area contributed by atoms with Gasteiger partial charge in [0.25, 0.3) is 0 Å². The van der Waals surface area contributed by atoms with Crippen molar-refractivity contribution < 1.29 is 19.1 Å². The SMILES string of the molecule is CC(CCCc1nc2ccc(-c3cnc4cc(-c5ccc6nc(CCC7CC7NC(=O)OC(C)(C)C)[nH]c6c5)ccc4n3)cc2[nH]1)NC(=O)OC(C)(C)C. The van der Waals surface area contributed by atoms with Crippen molar-refractivity contribution >= 4 is 45.3 Å². The highest BCUT2D eigenvalue weighted by Crippen LogP contribution is 2.35. The Bertz CT molecular complexity index is 2310. The number of hydrogen-bond acceptors (Lipinski definition) is 8. The summed E-state index contributed by atoms with van der Waals surface area (Å²) in [5.41, 5.74) is 8.28. The number of amides is 2. The minimum atomic E-state index is -0.517. The average molecular weight is 731 g/mol. The van der Waals surface area contributed by atoms with Crippen molar-refractivity contribution in [2.45, 2.75) is 110 Å². The van der Waals surface area contributed by atoms with E-state index in [1.807, 2.05) is 72.9 Å². The molecule has 6 aromatic rings. The summed E-state index contributed by atoms with van der Waals surface area (Å²) < 4.78 is 10.7. The van der Waals surface area contributed by atoms with Crippen LogP contribution in [-0.2, 0) is 22.3 Å². The Morgan fingerprint density at radius 2 is 1.35 bits per heavy atom. The number of H-pyrrole nitrogens is 2. The summed E-state index contributed by atoms with van der Waals surface area (Å²) in [5.74, 6) is 2.30. The number of aromatic nitrogens is 6. The van der Waals surface area contributed by atoms with Crippen LogP contribution in [-0.4, -0.2) is 65.4 Å². The number of nitrogens with zero attached hydrogens (tertiary/aromatic N) is 4. The van der Waals surface area contributed by atoms with Gasteiger partial charge in [-0.1, -0.05) is 18.2 Å². The zero-order valence-corrected chi connectivity index (χ0v) is 32.2. The molecule has 0 radical (unpaired) electrons. The van der Waals surface area contributed by atoms with E-state index in [0.717, 1.165) is 106 Å². The molecule has 1 aliphatic carbocycles. The van der Waals surface area contributed by atoms with E-state index >= 15 is 0 Å². The molecule has 0 saturated heterocycles. The molecule has 2 amide bonds. The van der Waals surface area contributed by atoms with Crippen molar-refractivity contribution in [1.82, 2.24) is 40.5 Å². The van der Waals surface area contributed by atoms with Crippen LogP contribution in [0.1, 0.15) is 85.8 Å². The summed E-state index contributed by atoms with van der Waals surface area (Å²) in [7, 11) is 0. The van der Waals surface area contributed by atoms with Crippen LogP contribution in [0, 0.1) is 5.92 Å².